The quantitative estimate of drug-likeness (QED) is 0.275. The number of carboxylic acid groups (broad SMARTS) is 1. The largest absolute Gasteiger partial charge is 0.473 e. The fourth-order valence-corrected chi connectivity index (χ4v) is 0.0729. The SMILES string of the molecule is O=NOC(=O)C(=O)O.[Pd]. The van der Waals surface area contributed by atoms with Crippen molar-refractivity contribution in [3.8, 4) is 0 Å². The number of carbonyl (C=O) groups excluding carboxylic acids is 1. The molecule has 0 aromatic carbocycles. The molecule has 0 radical (unpaired) electrons. The van der Waals surface area contributed by atoms with Crippen molar-refractivity contribution in [3.05, 3.63) is 4.91 Å². The summed E-state index contributed by atoms with van der Waals surface area (Å²) < 4.78 is 0. The summed E-state index contributed by atoms with van der Waals surface area (Å²) in [5, 5.41) is 9.22. The molecule has 0 amide bonds. The third-order valence-corrected chi connectivity index (χ3v) is 0.295. The Balaban J connectivity index is 0. The summed E-state index contributed by atoms with van der Waals surface area (Å²) in [6.07, 6.45) is 0. The van der Waals surface area contributed by atoms with Crippen LogP contribution < -0.4 is 0 Å². The van der Waals surface area contributed by atoms with E-state index in [0.29, 0.717) is 0 Å². The number of carboxylic acids is 1. The van der Waals surface area contributed by atoms with Gasteiger partial charge in [0.05, 0.1) is 0 Å². The molecule has 1 N–H and O–H groups in total. The zero-order chi connectivity index (χ0) is 6.57. The van der Waals surface area contributed by atoms with Gasteiger partial charge in [-0.3, -0.25) is 4.84 Å². The molecular formula is C2HNO5Pd. The Morgan fingerprint density at radius 3 is 2.00 bits per heavy atom. The molecule has 9 heavy (non-hydrogen) atoms. The fraction of sp³-hybridized carbons (Fsp3) is 0. The molecule has 7 heteroatoms. The zero-order valence-electron chi connectivity index (χ0n) is 3.84. The van der Waals surface area contributed by atoms with Crippen LogP contribution in [0.2, 0.25) is 0 Å². The van der Waals surface area contributed by atoms with E-state index in [0.717, 1.165) is 0 Å². The third kappa shape index (κ3) is 5.07. The smallest absolute Gasteiger partial charge is 0.445 e. The van der Waals surface area contributed by atoms with Gasteiger partial charge < -0.3 is 5.11 Å². The van der Waals surface area contributed by atoms with Crippen LogP contribution in [0.15, 0.2) is 5.34 Å². The van der Waals surface area contributed by atoms with Crippen LogP contribution in [0.1, 0.15) is 0 Å². The molecule has 0 rings (SSSR count). The molecule has 0 aliphatic heterocycles. The first-order valence-corrected chi connectivity index (χ1v) is 1.45. The molecule has 0 aromatic heterocycles. The summed E-state index contributed by atoms with van der Waals surface area (Å²) in [5.41, 5.74) is 0. The summed E-state index contributed by atoms with van der Waals surface area (Å²) in [6, 6.07) is 0. The van der Waals surface area contributed by atoms with Crippen molar-refractivity contribution in [1.29, 1.82) is 0 Å². The molecule has 0 unspecified atom stereocenters. The van der Waals surface area contributed by atoms with E-state index in [9.17, 15) is 9.59 Å². The maximum absolute atomic E-state index is 9.63. The normalized spacial score (nSPS) is 6.67. The number of carbonyl (C=O) groups is 2. The van der Waals surface area contributed by atoms with Gasteiger partial charge in [0.25, 0.3) is 0 Å². The summed E-state index contributed by atoms with van der Waals surface area (Å²) in [6.45, 7) is 0. The predicted molar refractivity (Wildman–Crippen MR) is 19.5 cm³/mol. The maximum Gasteiger partial charge on any atom is 0.445 e. The molecule has 0 spiro atoms. The van der Waals surface area contributed by atoms with Crippen molar-refractivity contribution in [3.63, 3.8) is 0 Å². The van der Waals surface area contributed by atoms with Gasteiger partial charge in [-0.2, -0.15) is 0 Å². The molecule has 0 fully saturated rings. The average molecular weight is 225 g/mol. The summed E-state index contributed by atoms with van der Waals surface area (Å²) in [5.74, 6) is -3.52. The second kappa shape index (κ2) is 5.34. The monoisotopic (exact) mass is 225 g/mol. The van der Waals surface area contributed by atoms with Gasteiger partial charge >= 0.3 is 11.9 Å². The Morgan fingerprint density at radius 1 is 1.44 bits per heavy atom. The van der Waals surface area contributed by atoms with E-state index in [1.54, 1.807) is 5.34 Å². The van der Waals surface area contributed by atoms with E-state index in [4.69, 9.17) is 10.0 Å². The average Bonchev–Trinajstić information content (AvgIpc) is 1.67. The number of hydrogen-bond donors (Lipinski definition) is 1. The van der Waals surface area contributed by atoms with E-state index in [2.05, 4.69) is 4.84 Å². The Hall–Kier alpha value is -0.798. The van der Waals surface area contributed by atoms with Gasteiger partial charge in [0.15, 0.2) is 5.34 Å². The van der Waals surface area contributed by atoms with E-state index >= 15 is 0 Å². The van der Waals surface area contributed by atoms with Crippen LogP contribution in [0.25, 0.3) is 0 Å². The summed E-state index contributed by atoms with van der Waals surface area (Å²) in [7, 11) is 0. The first-order valence-electron chi connectivity index (χ1n) is 1.45. The van der Waals surface area contributed by atoms with E-state index in [1.165, 1.54) is 0 Å². The predicted octanol–water partition coefficient (Wildman–Crippen LogP) is -0.707. The molecule has 0 saturated carbocycles. The molecule has 0 bridgehead atoms. The van der Waals surface area contributed by atoms with Gasteiger partial charge in [-0.05, 0) is 0 Å². The van der Waals surface area contributed by atoms with Crippen LogP contribution in [-0.2, 0) is 34.8 Å². The molecule has 0 saturated heterocycles. The van der Waals surface area contributed by atoms with Crippen LogP contribution in [0.4, 0.5) is 0 Å². The van der Waals surface area contributed by atoms with E-state index in [1.807, 2.05) is 0 Å². The number of rotatable bonds is 1. The fourth-order valence-electron chi connectivity index (χ4n) is 0.0729. The zero-order valence-corrected chi connectivity index (χ0v) is 5.40. The van der Waals surface area contributed by atoms with Crippen LogP contribution in [0.3, 0.4) is 0 Å². The van der Waals surface area contributed by atoms with E-state index in [-0.39, 0.29) is 20.4 Å². The molecule has 0 aliphatic carbocycles. The van der Waals surface area contributed by atoms with Gasteiger partial charge in [0.1, 0.15) is 0 Å². The van der Waals surface area contributed by atoms with Crippen LogP contribution in [0, 0.1) is 4.91 Å². The van der Waals surface area contributed by atoms with Crippen molar-refractivity contribution in [2.75, 3.05) is 0 Å². The Morgan fingerprint density at radius 2 is 1.89 bits per heavy atom. The minimum Gasteiger partial charge on any atom is -0.473 e. The molecule has 0 aliphatic rings. The van der Waals surface area contributed by atoms with Crippen molar-refractivity contribution >= 4 is 11.9 Å². The third-order valence-electron chi connectivity index (χ3n) is 0.295. The molecular weight excluding hydrogens is 224 g/mol. The second-order valence-corrected chi connectivity index (χ2v) is 0.758. The molecule has 6 nitrogen and oxygen atoms in total. The Labute approximate surface area is 62.8 Å². The molecule has 54 valence electrons. The molecule has 0 heterocycles. The minimum atomic E-state index is -1.84. The van der Waals surface area contributed by atoms with Crippen molar-refractivity contribution < 1.29 is 40.0 Å². The van der Waals surface area contributed by atoms with Gasteiger partial charge in [-0.15, -0.1) is 4.91 Å². The van der Waals surface area contributed by atoms with Gasteiger partial charge in [0, 0.05) is 20.4 Å². The second-order valence-electron chi connectivity index (χ2n) is 0.758. The maximum atomic E-state index is 9.63. The van der Waals surface area contributed by atoms with E-state index < -0.39 is 11.9 Å². The van der Waals surface area contributed by atoms with Crippen molar-refractivity contribution in [1.82, 2.24) is 0 Å². The van der Waals surface area contributed by atoms with Crippen LogP contribution >= 0.6 is 0 Å². The van der Waals surface area contributed by atoms with Gasteiger partial charge in [-0.1, -0.05) is 0 Å². The molecule has 0 atom stereocenters. The summed E-state index contributed by atoms with van der Waals surface area (Å²) >= 11 is 0. The van der Waals surface area contributed by atoms with Crippen molar-refractivity contribution in [2.45, 2.75) is 0 Å². The first-order chi connectivity index (χ1) is 3.68. The first kappa shape index (κ1) is 11.1. The topological polar surface area (TPSA) is 93.0 Å². The number of hydrogen-bond acceptors (Lipinski definition) is 5. The number of nitrogens with zero attached hydrogens (tertiary/aromatic N) is 1. The van der Waals surface area contributed by atoms with Gasteiger partial charge in [-0.25, -0.2) is 9.59 Å². The molecule has 0 aromatic rings. The summed E-state index contributed by atoms with van der Waals surface area (Å²) in [4.78, 5) is 31.1. The van der Waals surface area contributed by atoms with Gasteiger partial charge in [0.2, 0.25) is 0 Å². The van der Waals surface area contributed by atoms with Crippen LogP contribution in [-0.4, -0.2) is 17.0 Å². The minimum absolute atomic E-state index is 0. The van der Waals surface area contributed by atoms with Crippen LogP contribution in [0.5, 0.6) is 0 Å². The standard InChI is InChI=1S/C2HNO5.Pd/c4-1(5)2(6)8-3-7;/h(H,4,5);. The number of aliphatic carboxylic acids is 1. The van der Waals surface area contributed by atoms with Crippen molar-refractivity contribution in [2.24, 2.45) is 5.34 Å². The Bertz CT molecular complexity index is 133. The Kier molecular flexibility index (Phi) is 6.56.